The molecule has 1 aromatic carbocycles. The molecule has 16 heavy (non-hydrogen) atoms. The van der Waals surface area contributed by atoms with E-state index in [9.17, 15) is 0 Å². The molecule has 2 heteroatoms. The van der Waals surface area contributed by atoms with Gasteiger partial charge in [-0.05, 0) is 43.2 Å². The number of benzene rings is 1. The smallest absolute Gasteiger partial charge is 0.122 e. The SMILES string of the molecule is COc1ccccc1C1CCC(OC)CC1. The molecule has 1 aliphatic carbocycles. The standard InChI is InChI=1S/C14H20O2/c1-15-12-9-7-11(8-10-12)13-5-3-4-6-14(13)16-2/h3-6,11-12H,7-10H2,1-2H3. The fraction of sp³-hybridized carbons (Fsp3) is 0.571. The second kappa shape index (κ2) is 5.35. The lowest BCUT2D eigenvalue weighted by Crippen LogP contribution is -2.19. The van der Waals surface area contributed by atoms with E-state index in [0.29, 0.717) is 12.0 Å². The third-order valence-corrected chi connectivity index (χ3v) is 3.59. The molecule has 1 aromatic rings. The van der Waals surface area contributed by atoms with Gasteiger partial charge in [0.2, 0.25) is 0 Å². The van der Waals surface area contributed by atoms with Crippen LogP contribution in [0.5, 0.6) is 5.75 Å². The van der Waals surface area contributed by atoms with Crippen molar-refractivity contribution in [1.82, 2.24) is 0 Å². The van der Waals surface area contributed by atoms with Crippen molar-refractivity contribution in [3.8, 4) is 5.75 Å². The van der Waals surface area contributed by atoms with Crippen molar-refractivity contribution in [2.75, 3.05) is 14.2 Å². The van der Waals surface area contributed by atoms with E-state index in [0.717, 1.165) is 5.75 Å². The van der Waals surface area contributed by atoms with Gasteiger partial charge in [-0.15, -0.1) is 0 Å². The Labute approximate surface area is 97.6 Å². The molecule has 0 saturated heterocycles. The first-order valence-electron chi connectivity index (χ1n) is 6.01. The molecule has 0 unspecified atom stereocenters. The molecule has 0 amide bonds. The maximum Gasteiger partial charge on any atom is 0.122 e. The fourth-order valence-electron chi connectivity index (χ4n) is 2.61. The summed E-state index contributed by atoms with van der Waals surface area (Å²) in [4.78, 5) is 0. The van der Waals surface area contributed by atoms with Crippen LogP contribution in [0, 0.1) is 0 Å². The van der Waals surface area contributed by atoms with Crippen molar-refractivity contribution in [3.05, 3.63) is 29.8 Å². The van der Waals surface area contributed by atoms with Crippen LogP contribution >= 0.6 is 0 Å². The third kappa shape index (κ3) is 2.38. The van der Waals surface area contributed by atoms with Crippen molar-refractivity contribution in [2.45, 2.75) is 37.7 Å². The minimum absolute atomic E-state index is 0.464. The summed E-state index contributed by atoms with van der Waals surface area (Å²) in [5, 5.41) is 0. The maximum atomic E-state index is 5.42. The molecule has 1 fully saturated rings. The Morgan fingerprint density at radius 3 is 2.31 bits per heavy atom. The van der Waals surface area contributed by atoms with Crippen molar-refractivity contribution in [1.29, 1.82) is 0 Å². The Balaban J connectivity index is 2.07. The van der Waals surface area contributed by atoms with Gasteiger partial charge in [-0.2, -0.15) is 0 Å². The molecule has 0 spiro atoms. The molecular formula is C14H20O2. The van der Waals surface area contributed by atoms with Crippen LogP contribution in [0.15, 0.2) is 24.3 Å². The van der Waals surface area contributed by atoms with Gasteiger partial charge < -0.3 is 9.47 Å². The minimum atomic E-state index is 0.464. The molecule has 0 heterocycles. The molecule has 2 rings (SSSR count). The molecule has 88 valence electrons. The Bertz CT molecular complexity index is 327. The highest BCUT2D eigenvalue weighted by Gasteiger charge is 2.23. The second-order valence-corrected chi connectivity index (χ2v) is 4.45. The Morgan fingerprint density at radius 2 is 1.69 bits per heavy atom. The van der Waals surface area contributed by atoms with Crippen LogP contribution in [0.25, 0.3) is 0 Å². The summed E-state index contributed by atoms with van der Waals surface area (Å²) < 4.78 is 10.8. The zero-order valence-corrected chi connectivity index (χ0v) is 10.1. The molecule has 0 bridgehead atoms. The number of rotatable bonds is 3. The Kier molecular flexibility index (Phi) is 3.83. The van der Waals surface area contributed by atoms with Crippen LogP contribution < -0.4 is 4.74 Å². The summed E-state index contributed by atoms with van der Waals surface area (Å²) >= 11 is 0. The van der Waals surface area contributed by atoms with E-state index in [1.807, 2.05) is 13.2 Å². The van der Waals surface area contributed by atoms with Crippen molar-refractivity contribution >= 4 is 0 Å². The first-order valence-corrected chi connectivity index (χ1v) is 6.01. The second-order valence-electron chi connectivity index (χ2n) is 4.45. The zero-order chi connectivity index (χ0) is 11.4. The van der Waals surface area contributed by atoms with Gasteiger partial charge in [-0.3, -0.25) is 0 Å². The summed E-state index contributed by atoms with van der Waals surface area (Å²) in [6.45, 7) is 0. The number of hydrogen-bond acceptors (Lipinski definition) is 2. The van der Waals surface area contributed by atoms with Gasteiger partial charge >= 0.3 is 0 Å². The first kappa shape index (κ1) is 11.5. The van der Waals surface area contributed by atoms with Crippen LogP contribution in [0.4, 0.5) is 0 Å². The Hall–Kier alpha value is -1.02. The summed E-state index contributed by atoms with van der Waals surface area (Å²) in [6.07, 6.45) is 5.21. The van der Waals surface area contributed by atoms with E-state index in [2.05, 4.69) is 18.2 Å². The van der Waals surface area contributed by atoms with Crippen LogP contribution in [-0.4, -0.2) is 20.3 Å². The molecule has 0 aliphatic heterocycles. The summed E-state index contributed by atoms with van der Waals surface area (Å²) in [6, 6.07) is 8.37. The highest BCUT2D eigenvalue weighted by molar-refractivity contribution is 5.36. The van der Waals surface area contributed by atoms with E-state index in [1.54, 1.807) is 7.11 Å². The van der Waals surface area contributed by atoms with Gasteiger partial charge in [-0.25, -0.2) is 0 Å². The predicted octanol–water partition coefficient (Wildman–Crippen LogP) is 3.37. The zero-order valence-electron chi connectivity index (χ0n) is 10.1. The van der Waals surface area contributed by atoms with Gasteiger partial charge in [-0.1, -0.05) is 18.2 Å². The van der Waals surface area contributed by atoms with Crippen molar-refractivity contribution < 1.29 is 9.47 Å². The van der Waals surface area contributed by atoms with Crippen molar-refractivity contribution in [2.24, 2.45) is 0 Å². The average Bonchev–Trinajstić information content (AvgIpc) is 2.39. The lowest BCUT2D eigenvalue weighted by Gasteiger charge is -2.28. The molecule has 1 aliphatic rings. The van der Waals surface area contributed by atoms with Crippen molar-refractivity contribution in [3.63, 3.8) is 0 Å². The predicted molar refractivity (Wildman–Crippen MR) is 65.0 cm³/mol. The van der Waals surface area contributed by atoms with E-state index in [-0.39, 0.29) is 0 Å². The number of para-hydroxylation sites is 1. The molecular weight excluding hydrogens is 200 g/mol. The molecule has 0 radical (unpaired) electrons. The lowest BCUT2D eigenvalue weighted by atomic mass is 9.82. The molecule has 1 saturated carbocycles. The van der Waals surface area contributed by atoms with E-state index < -0.39 is 0 Å². The van der Waals surface area contributed by atoms with Gasteiger partial charge in [0.15, 0.2) is 0 Å². The maximum absolute atomic E-state index is 5.42. The highest BCUT2D eigenvalue weighted by atomic mass is 16.5. The normalized spacial score (nSPS) is 25.4. The van der Waals surface area contributed by atoms with Crippen LogP contribution in [0.1, 0.15) is 37.2 Å². The lowest BCUT2D eigenvalue weighted by molar-refractivity contribution is 0.0656. The Morgan fingerprint density at radius 1 is 1.00 bits per heavy atom. The monoisotopic (exact) mass is 220 g/mol. The molecule has 2 nitrogen and oxygen atoms in total. The number of hydrogen-bond donors (Lipinski definition) is 0. The highest BCUT2D eigenvalue weighted by Crippen LogP contribution is 2.37. The fourth-order valence-corrected chi connectivity index (χ4v) is 2.61. The quantitative estimate of drug-likeness (QED) is 0.777. The van der Waals surface area contributed by atoms with E-state index in [1.165, 1.54) is 31.2 Å². The summed E-state index contributed by atoms with van der Waals surface area (Å²) in [7, 11) is 3.56. The van der Waals surface area contributed by atoms with Gasteiger partial charge in [0.25, 0.3) is 0 Å². The average molecular weight is 220 g/mol. The van der Waals surface area contributed by atoms with E-state index >= 15 is 0 Å². The largest absolute Gasteiger partial charge is 0.496 e. The van der Waals surface area contributed by atoms with Crippen LogP contribution in [-0.2, 0) is 4.74 Å². The molecule has 0 aromatic heterocycles. The van der Waals surface area contributed by atoms with E-state index in [4.69, 9.17) is 9.47 Å². The van der Waals surface area contributed by atoms with Gasteiger partial charge in [0.05, 0.1) is 13.2 Å². The number of methoxy groups -OCH3 is 2. The summed E-state index contributed by atoms with van der Waals surface area (Å²) in [5.41, 5.74) is 1.36. The minimum Gasteiger partial charge on any atom is -0.496 e. The van der Waals surface area contributed by atoms with Crippen LogP contribution in [0.2, 0.25) is 0 Å². The van der Waals surface area contributed by atoms with Gasteiger partial charge in [0.1, 0.15) is 5.75 Å². The summed E-state index contributed by atoms with van der Waals surface area (Å²) in [5.74, 6) is 1.67. The third-order valence-electron chi connectivity index (χ3n) is 3.59. The molecule has 0 atom stereocenters. The van der Waals surface area contributed by atoms with Gasteiger partial charge in [0, 0.05) is 7.11 Å². The number of ether oxygens (including phenoxy) is 2. The van der Waals surface area contributed by atoms with Crippen LogP contribution in [0.3, 0.4) is 0 Å². The molecule has 0 N–H and O–H groups in total. The topological polar surface area (TPSA) is 18.5 Å². The first-order chi connectivity index (χ1) is 7.85.